The molecule has 0 spiro atoms. The zero-order valence-electron chi connectivity index (χ0n) is 14.6. The van der Waals surface area contributed by atoms with Crippen molar-refractivity contribution in [1.29, 1.82) is 0 Å². The fraction of sp³-hybridized carbons (Fsp3) is 0.316. The Hall–Kier alpha value is -2.90. The van der Waals surface area contributed by atoms with Gasteiger partial charge in [0.05, 0.1) is 11.8 Å². The van der Waals surface area contributed by atoms with Crippen LogP contribution >= 0.6 is 0 Å². The highest BCUT2D eigenvalue weighted by molar-refractivity contribution is 5.53. The van der Waals surface area contributed by atoms with Crippen LogP contribution in [-0.2, 0) is 6.18 Å². The average molecular weight is 374 g/mol. The van der Waals surface area contributed by atoms with E-state index >= 15 is 0 Å². The molecule has 1 aliphatic rings. The summed E-state index contributed by atoms with van der Waals surface area (Å²) in [6, 6.07) is 9.19. The Balaban J connectivity index is 1.53. The molecule has 0 aliphatic carbocycles. The van der Waals surface area contributed by atoms with Crippen molar-refractivity contribution in [3.8, 4) is 11.5 Å². The number of hydrogen-bond donors (Lipinski definition) is 0. The molecule has 27 heavy (non-hydrogen) atoms. The van der Waals surface area contributed by atoms with Crippen molar-refractivity contribution < 1.29 is 17.6 Å². The number of hydrogen-bond acceptors (Lipinski definition) is 5. The molecule has 1 atom stereocenters. The molecule has 0 bridgehead atoms. The third kappa shape index (κ3) is 3.65. The average Bonchev–Trinajstić information content (AvgIpc) is 3.31. The highest BCUT2D eigenvalue weighted by Crippen LogP contribution is 2.34. The van der Waals surface area contributed by atoms with E-state index in [1.807, 2.05) is 24.0 Å². The van der Waals surface area contributed by atoms with Gasteiger partial charge in [0.15, 0.2) is 5.76 Å². The van der Waals surface area contributed by atoms with Gasteiger partial charge in [-0.15, -0.1) is 5.10 Å². The lowest BCUT2D eigenvalue weighted by Gasteiger charge is -2.17. The fourth-order valence-corrected chi connectivity index (χ4v) is 3.30. The molecule has 1 unspecified atom stereocenters. The van der Waals surface area contributed by atoms with E-state index in [9.17, 15) is 13.2 Å². The molecule has 3 heterocycles. The third-order valence-corrected chi connectivity index (χ3v) is 4.70. The summed E-state index contributed by atoms with van der Waals surface area (Å²) in [5.41, 5.74) is 0.639. The summed E-state index contributed by atoms with van der Waals surface area (Å²) < 4.78 is 44.4. The molecule has 1 aromatic carbocycles. The Morgan fingerprint density at radius 3 is 2.78 bits per heavy atom. The molecule has 4 rings (SSSR count). The molecule has 0 saturated carbocycles. The Kier molecular flexibility index (Phi) is 4.33. The van der Waals surface area contributed by atoms with Crippen LogP contribution in [0.1, 0.15) is 29.2 Å². The fourth-order valence-electron chi connectivity index (χ4n) is 3.30. The first-order valence-electron chi connectivity index (χ1n) is 8.59. The number of benzene rings is 1. The summed E-state index contributed by atoms with van der Waals surface area (Å²) in [5, 5.41) is 8.08. The Morgan fingerprint density at radius 2 is 2.04 bits per heavy atom. The molecule has 8 heteroatoms. The quantitative estimate of drug-likeness (QED) is 0.678. The van der Waals surface area contributed by atoms with Gasteiger partial charge in [-0.05, 0) is 37.1 Å². The number of nitrogens with zero attached hydrogens (tertiary/aromatic N) is 4. The van der Waals surface area contributed by atoms with Gasteiger partial charge < -0.3 is 9.32 Å². The molecule has 0 radical (unpaired) electrons. The minimum absolute atomic E-state index is 0.00888. The predicted octanol–water partition coefficient (Wildman–Crippen LogP) is 4.45. The smallest absolute Gasteiger partial charge is 0.416 e. The van der Waals surface area contributed by atoms with Crippen molar-refractivity contribution in [1.82, 2.24) is 15.2 Å². The molecule has 1 aliphatic heterocycles. The molecular formula is C19H17F3N4O. The first-order chi connectivity index (χ1) is 12.9. The second-order valence-electron chi connectivity index (χ2n) is 6.61. The van der Waals surface area contributed by atoms with Crippen LogP contribution in [0.25, 0.3) is 11.5 Å². The highest BCUT2D eigenvalue weighted by atomic mass is 19.4. The molecule has 1 saturated heterocycles. The summed E-state index contributed by atoms with van der Waals surface area (Å²) in [4.78, 5) is 6.44. The predicted molar refractivity (Wildman–Crippen MR) is 93.3 cm³/mol. The largest absolute Gasteiger partial charge is 0.460 e. The molecule has 3 aromatic rings. The Morgan fingerprint density at radius 1 is 1.19 bits per heavy atom. The minimum atomic E-state index is -4.34. The Labute approximate surface area is 153 Å². The van der Waals surface area contributed by atoms with Gasteiger partial charge in [0, 0.05) is 19.0 Å². The van der Waals surface area contributed by atoms with E-state index in [1.165, 1.54) is 18.3 Å². The monoisotopic (exact) mass is 374 g/mol. The van der Waals surface area contributed by atoms with Crippen molar-refractivity contribution in [3.63, 3.8) is 0 Å². The summed E-state index contributed by atoms with van der Waals surface area (Å²) in [6.07, 6.45) is -2.08. The van der Waals surface area contributed by atoms with Crippen LogP contribution in [0.15, 0.2) is 47.0 Å². The number of aromatic nitrogens is 3. The van der Waals surface area contributed by atoms with E-state index in [2.05, 4.69) is 15.2 Å². The van der Waals surface area contributed by atoms with Crippen LogP contribution < -0.4 is 4.90 Å². The van der Waals surface area contributed by atoms with Crippen LogP contribution in [0.3, 0.4) is 0 Å². The number of alkyl halides is 3. The van der Waals surface area contributed by atoms with Gasteiger partial charge in [-0.1, -0.05) is 18.2 Å². The summed E-state index contributed by atoms with van der Waals surface area (Å²) in [7, 11) is 0. The van der Waals surface area contributed by atoms with Crippen molar-refractivity contribution in [2.45, 2.75) is 25.4 Å². The van der Waals surface area contributed by atoms with Gasteiger partial charge in [0.2, 0.25) is 5.95 Å². The van der Waals surface area contributed by atoms with Gasteiger partial charge in [0.1, 0.15) is 11.5 Å². The number of aryl methyl sites for hydroxylation is 1. The van der Waals surface area contributed by atoms with E-state index < -0.39 is 11.7 Å². The van der Waals surface area contributed by atoms with Crippen molar-refractivity contribution in [2.75, 3.05) is 18.0 Å². The van der Waals surface area contributed by atoms with Gasteiger partial charge in [-0.3, -0.25) is 0 Å². The molecule has 0 N–H and O–H groups in total. The Bertz CT molecular complexity index is 954. The molecule has 2 aromatic heterocycles. The van der Waals surface area contributed by atoms with Crippen molar-refractivity contribution >= 4 is 5.95 Å². The minimum Gasteiger partial charge on any atom is -0.460 e. The van der Waals surface area contributed by atoms with Gasteiger partial charge in [-0.25, -0.2) is 4.98 Å². The number of rotatable bonds is 3. The van der Waals surface area contributed by atoms with Crippen molar-refractivity contribution in [3.05, 3.63) is 59.5 Å². The molecular weight excluding hydrogens is 357 g/mol. The SMILES string of the molecule is Cc1ccc(-c2cnnc(N3CCC(c4cccc(C(F)(F)F)c4)C3)n2)o1. The topological polar surface area (TPSA) is 55.1 Å². The molecule has 0 amide bonds. The maximum atomic E-state index is 13.0. The normalized spacial score (nSPS) is 17.5. The van der Waals surface area contributed by atoms with Crippen LogP contribution in [0.4, 0.5) is 19.1 Å². The first kappa shape index (κ1) is 17.5. The van der Waals surface area contributed by atoms with Gasteiger partial charge in [0.25, 0.3) is 0 Å². The standard InChI is InChI=1S/C19H17F3N4O/c1-12-5-6-17(27-12)16-10-23-25-18(24-16)26-8-7-14(11-26)13-3-2-4-15(9-13)19(20,21)22/h2-6,9-10,14H,7-8,11H2,1H3. The second-order valence-corrected chi connectivity index (χ2v) is 6.61. The van der Waals surface area contributed by atoms with Gasteiger partial charge in [-0.2, -0.15) is 18.3 Å². The lowest BCUT2D eigenvalue weighted by atomic mass is 9.96. The maximum absolute atomic E-state index is 13.0. The van der Waals surface area contributed by atoms with Gasteiger partial charge >= 0.3 is 6.18 Å². The zero-order chi connectivity index (χ0) is 19.0. The first-order valence-corrected chi connectivity index (χ1v) is 8.59. The van der Waals surface area contributed by atoms with Crippen LogP contribution in [0, 0.1) is 6.92 Å². The summed E-state index contributed by atoms with van der Waals surface area (Å²) in [6.45, 7) is 3.05. The van der Waals surface area contributed by atoms with Crippen LogP contribution in [0.2, 0.25) is 0 Å². The van der Waals surface area contributed by atoms with Crippen LogP contribution in [0.5, 0.6) is 0 Å². The lowest BCUT2D eigenvalue weighted by Crippen LogP contribution is -2.22. The number of anilines is 1. The molecule has 1 fully saturated rings. The molecule has 140 valence electrons. The molecule has 5 nitrogen and oxygen atoms in total. The van der Waals surface area contributed by atoms with E-state index in [4.69, 9.17) is 4.42 Å². The number of halogens is 3. The summed E-state index contributed by atoms with van der Waals surface area (Å²) >= 11 is 0. The van der Waals surface area contributed by atoms with E-state index in [1.54, 1.807) is 6.07 Å². The lowest BCUT2D eigenvalue weighted by molar-refractivity contribution is -0.137. The van der Waals surface area contributed by atoms with Crippen LogP contribution in [-0.4, -0.2) is 28.3 Å². The van der Waals surface area contributed by atoms with E-state index in [-0.39, 0.29) is 5.92 Å². The zero-order valence-corrected chi connectivity index (χ0v) is 14.6. The van der Waals surface area contributed by atoms with E-state index in [0.29, 0.717) is 36.1 Å². The maximum Gasteiger partial charge on any atom is 0.416 e. The van der Waals surface area contributed by atoms with Crippen molar-refractivity contribution in [2.24, 2.45) is 0 Å². The third-order valence-electron chi connectivity index (χ3n) is 4.70. The summed E-state index contributed by atoms with van der Waals surface area (Å²) in [5.74, 6) is 1.83. The second kappa shape index (κ2) is 6.68. The highest BCUT2D eigenvalue weighted by Gasteiger charge is 2.32. The van der Waals surface area contributed by atoms with E-state index in [0.717, 1.165) is 18.2 Å². The number of furan rings is 1.